The molecule has 1 rings (SSSR count). The van der Waals surface area contributed by atoms with Crippen LogP contribution in [0.25, 0.3) is 0 Å². The average molecular weight is 186 g/mol. The molecule has 0 aromatic heterocycles. The van der Waals surface area contributed by atoms with Crippen LogP contribution in [0.4, 0.5) is 0 Å². The van der Waals surface area contributed by atoms with Crippen molar-refractivity contribution in [3.05, 3.63) is 0 Å². The molecule has 0 aromatic rings. The molecule has 0 aromatic carbocycles. The van der Waals surface area contributed by atoms with Gasteiger partial charge in [-0.3, -0.25) is 4.90 Å². The normalized spacial score (nSPS) is 30.5. The van der Waals surface area contributed by atoms with Gasteiger partial charge in [-0.1, -0.05) is 19.3 Å². The van der Waals surface area contributed by atoms with Crippen molar-refractivity contribution in [3.63, 3.8) is 0 Å². The Hall–Kier alpha value is -0.120. The molecule has 1 fully saturated rings. The highest BCUT2D eigenvalue weighted by molar-refractivity contribution is 4.82. The van der Waals surface area contributed by atoms with Gasteiger partial charge in [0.2, 0.25) is 0 Å². The summed E-state index contributed by atoms with van der Waals surface area (Å²) >= 11 is 0. The average Bonchev–Trinajstić information content (AvgIpc) is 2.30. The summed E-state index contributed by atoms with van der Waals surface area (Å²) in [6.07, 6.45) is 6.20. The van der Waals surface area contributed by atoms with E-state index in [1.807, 2.05) is 0 Å². The fraction of sp³-hybridized carbons (Fsp3) is 1.00. The summed E-state index contributed by atoms with van der Waals surface area (Å²) in [6, 6.07) is 0.786. The second-order valence-electron chi connectivity index (χ2n) is 4.07. The molecule has 0 aliphatic heterocycles. The number of hydrogen-bond acceptors (Lipinski definition) is 3. The molecule has 3 heteroatoms. The van der Waals surface area contributed by atoms with E-state index in [2.05, 4.69) is 11.9 Å². The zero-order valence-electron chi connectivity index (χ0n) is 8.58. The van der Waals surface area contributed by atoms with Crippen molar-refractivity contribution in [2.75, 3.05) is 20.2 Å². The first-order valence-corrected chi connectivity index (χ1v) is 5.32. The Balaban J connectivity index is 2.43. The zero-order chi connectivity index (χ0) is 9.68. The number of nitrogens with zero attached hydrogens (tertiary/aromatic N) is 1. The lowest BCUT2D eigenvalue weighted by Gasteiger charge is -2.30. The first-order chi connectivity index (χ1) is 6.25. The molecular formula is C10H22N2O. The first kappa shape index (κ1) is 11.0. The van der Waals surface area contributed by atoms with Gasteiger partial charge in [0.15, 0.2) is 0 Å². The van der Waals surface area contributed by atoms with Crippen molar-refractivity contribution in [2.24, 2.45) is 5.73 Å². The highest BCUT2D eigenvalue weighted by atomic mass is 16.3. The Bertz CT molecular complexity index is 141. The summed E-state index contributed by atoms with van der Waals surface area (Å²) in [5.41, 5.74) is 6.09. The van der Waals surface area contributed by atoms with Gasteiger partial charge in [0.25, 0.3) is 0 Å². The molecule has 0 saturated heterocycles. The highest BCUT2D eigenvalue weighted by Crippen LogP contribution is 2.20. The first-order valence-electron chi connectivity index (χ1n) is 5.32. The second-order valence-corrected chi connectivity index (χ2v) is 4.07. The Labute approximate surface area is 80.9 Å². The smallest absolute Gasteiger partial charge is 0.0558 e. The molecular weight excluding hydrogens is 164 g/mol. The zero-order valence-corrected chi connectivity index (χ0v) is 8.58. The molecule has 0 radical (unpaired) electrons. The molecule has 78 valence electrons. The summed E-state index contributed by atoms with van der Waals surface area (Å²) in [7, 11) is 2.06. The molecule has 0 spiro atoms. The molecule has 1 aliphatic rings. The molecule has 3 nitrogen and oxygen atoms in total. The predicted molar refractivity (Wildman–Crippen MR) is 54.6 cm³/mol. The summed E-state index contributed by atoms with van der Waals surface area (Å²) in [4.78, 5) is 2.20. The molecule has 0 amide bonds. The van der Waals surface area contributed by atoms with Crippen LogP contribution in [0.5, 0.6) is 0 Å². The Kier molecular flexibility index (Phi) is 4.70. The van der Waals surface area contributed by atoms with Crippen molar-refractivity contribution in [2.45, 2.75) is 44.2 Å². The molecule has 1 aliphatic carbocycles. The van der Waals surface area contributed by atoms with Crippen LogP contribution >= 0.6 is 0 Å². The molecule has 2 unspecified atom stereocenters. The molecule has 0 heterocycles. The monoisotopic (exact) mass is 186 g/mol. The van der Waals surface area contributed by atoms with Crippen LogP contribution < -0.4 is 5.73 Å². The number of aliphatic hydroxyl groups excluding tert-OH is 1. The number of nitrogens with two attached hydrogens (primary N) is 1. The highest BCUT2D eigenvalue weighted by Gasteiger charge is 2.23. The molecule has 3 N–H and O–H groups in total. The third-order valence-electron chi connectivity index (χ3n) is 3.05. The van der Waals surface area contributed by atoms with Gasteiger partial charge in [0, 0.05) is 18.6 Å². The molecule has 2 atom stereocenters. The molecule has 0 bridgehead atoms. The Morgan fingerprint density at radius 3 is 2.69 bits per heavy atom. The van der Waals surface area contributed by atoms with Crippen LogP contribution in [0.15, 0.2) is 0 Å². The maximum Gasteiger partial charge on any atom is 0.0558 e. The van der Waals surface area contributed by atoms with Gasteiger partial charge in [-0.25, -0.2) is 0 Å². The van der Waals surface area contributed by atoms with Gasteiger partial charge >= 0.3 is 0 Å². The van der Waals surface area contributed by atoms with E-state index in [0.717, 1.165) is 13.0 Å². The third-order valence-corrected chi connectivity index (χ3v) is 3.05. The van der Waals surface area contributed by atoms with Gasteiger partial charge in [-0.2, -0.15) is 0 Å². The lowest BCUT2D eigenvalue weighted by Crippen LogP contribution is -2.46. The van der Waals surface area contributed by atoms with E-state index in [-0.39, 0.29) is 6.61 Å². The van der Waals surface area contributed by atoms with E-state index < -0.39 is 0 Å². The van der Waals surface area contributed by atoms with E-state index >= 15 is 0 Å². The fourth-order valence-electron chi connectivity index (χ4n) is 2.19. The van der Waals surface area contributed by atoms with Gasteiger partial charge in [-0.15, -0.1) is 0 Å². The summed E-state index contributed by atoms with van der Waals surface area (Å²) < 4.78 is 0. The number of likely N-dealkylation sites (N-methyl/N-ethyl adjacent to an activating group) is 1. The number of rotatable bonds is 3. The lowest BCUT2D eigenvalue weighted by atomic mass is 10.0. The standard InChI is InChI=1S/C10H22N2O/c1-12(7-8-13)10-6-4-2-3-5-9(10)11/h9-10,13H,2-8,11H2,1H3. The van der Waals surface area contributed by atoms with E-state index in [0.29, 0.717) is 12.1 Å². The Morgan fingerprint density at radius 2 is 2.00 bits per heavy atom. The summed E-state index contributed by atoms with van der Waals surface area (Å²) in [5, 5.41) is 8.84. The second kappa shape index (κ2) is 5.58. The lowest BCUT2D eigenvalue weighted by molar-refractivity contribution is 0.157. The van der Waals surface area contributed by atoms with Crippen LogP contribution in [0.2, 0.25) is 0 Å². The van der Waals surface area contributed by atoms with Crippen molar-refractivity contribution in [1.29, 1.82) is 0 Å². The SMILES string of the molecule is CN(CCO)C1CCCCCC1N. The van der Waals surface area contributed by atoms with Crippen LogP contribution in [0.3, 0.4) is 0 Å². The van der Waals surface area contributed by atoms with Crippen molar-refractivity contribution in [3.8, 4) is 0 Å². The maximum absolute atomic E-state index is 8.84. The van der Waals surface area contributed by atoms with Gasteiger partial charge in [-0.05, 0) is 19.9 Å². The van der Waals surface area contributed by atoms with Gasteiger partial charge < -0.3 is 10.8 Å². The summed E-state index contributed by atoms with van der Waals surface area (Å²) in [6.45, 7) is 0.984. The minimum absolute atomic E-state index is 0.236. The topological polar surface area (TPSA) is 49.5 Å². The van der Waals surface area contributed by atoms with E-state index in [1.165, 1.54) is 25.7 Å². The number of hydrogen-bond donors (Lipinski definition) is 2. The molecule has 13 heavy (non-hydrogen) atoms. The van der Waals surface area contributed by atoms with Crippen molar-refractivity contribution in [1.82, 2.24) is 4.90 Å². The van der Waals surface area contributed by atoms with E-state index in [9.17, 15) is 0 Å². The van der Waals surface area contributed by atoms with Crippen LogP contribution in [-0.2, 0) is 0 Å². The Morgan fingerprint density at radius 1 is 1.31 bits per heavy atom. The molecule has 1 saturated carbocycles. The van der Waals surface area contributed by atoms with Crippen LogP contribution in [0.1, 0.15) is 32.1 Å². The maximum atomic E-state index is 8.84. The van der Waals surface area contributed by atoms with E-state index in [1.54, 1.807) is 0 Å². The van der Waals surface area contributed by atoms with Crippen LogP contribution in [-0.4, -0.2) is 42.3 Å². The largest absolute Gasteiger partial charge is 0.395 e. The minimum Gasteiger partial charge on any atom is -0.395 e. The van der Waals surface area contributed by atoms with Crippen LogP contribution in [0, 0.1) is 0 Å². The predicted octanol–water partition coefficient (Wildman–Crippen LogP) is 0.570. The van der Waals surface area contributed by atoms with Gasteiger partial charge in [0.1, 0.15) is 0 Å². The van der Waals surface area contributed by atoms with Crippen molar-refractivity contribution < 1.29 is 5.11 Å². The quantitative estimate of drug-likeness (QED) is 0.634. The van der Waals surface area contributed by atoms with E-state index in [4.69, 9.17) is 10.8 Å². The van der Waals surface area contributed by atoms with Gasteiger partial charge in [0.05, 0.1) is 6.61 Å². The minimum atomic E-state index is 0.236. The fourth-order valence-corrected chi connectivity index (χ4v) is 2.19. The third kappa shape index (κ3) is 3.25. The summed E-state index contributed by atoms with van der Waals surface area (Å²) in [5.74, 6) is 0. The van der Waals surface area contributed by atoms with Crippen molar-refractivity contribution >= 4 is 0 Å². The number of aliphatic hydroxyl groups is 1.